The topological polar surface area (TPSA) is 59.4 Å². The summed E-state index contributed by atoms with van der Waals surface area (Å²) in [6, 6.07) is 23.5. The lowest BCUT2D eigenvalue weighted by Gasteiger charge is -2.15. The Balaban J connectivity index is 1.56. The Morgan fingerprint density at radius 2 is 1.42 bits per heavy atom. The van der Waals surface area contributed by atoms with E-state index in [1.807, 2.05) is 59.5 Å². The molecule has 0 atom stereocenters. The van der Waals surface area contributed by atoms with Gasteiger partial charge in [0.2, 0.25) is 0 Å². The predicted octanol–water partition coefficient (Wildman–Crippen LogP) is 4.78. The molecule has 5 rings (SSSR count). The molecule has 1 aliphatic heterocycles. The molecule has 0 radical (unpaired) electrons. The van der Waals surface area contributed by atoms with E-state index in [1.54, 1.807) is 18.3 Å². The van der Waals surface area contributed by atoms with Crippen LogP contribution < -0.4 is 0 Å². The molecule has 1 saturated heterocycles. The predicted molar refractivity (Wildman–Crippen MR) is 122 cm³/mol. The maximum absolute atomic E-state index is 13.5. The molecular formula is C25H22N2O3S. The second kappa shape index (κ2) is 7.71. The Bertz CT molecular complexity index is 1350. The van der Waals surface area contributed by atoms with Gasteiger partial charge in [0.25, 0.3) is 15.9 Å². The number of aromatic nitrogens is 1. The molecular weight excluding hydrogens is 408 g/mol. The van der Waals surface area contributed by atoms with Crippen molar-refractivity contribution in [2.24, 2.45) is 0 Å². The number of benzene rings is 3. The van der Waals surface area contributed by atoms with E-state index in [1.165, 1.54) is 16.1 Å². The SMILES string of the molecule is O=C(c1ccc(S(=O)(=O)n2cc(-c3ccccc3)c3ccccc32)cc1)N1CCCC1. The normalized spacial score (nSPS) is 14.3. The van der Waals surface area contributed by atoms with Gasteiger partial charge in [-0.25, -0.2) is 12.4 Å². The van der Waals surface area contributed by atoms with Gasteiger partial charge in [0.15, 0.2) is 0 Å². The average molecular weight is 431 g/mol. The summed E-state index contributed by atoms with van der Waals surface area (Å²) in [6.07, 6.45) is 3.71. The molecule has 3 aromatic carbocycles. The Morgan fingerprint density at radius 3 is 2.13 bits per heavy atom. The first-order valence-corrected chi connectivity index (χ1v) is 11.8. The van der Waals surface area contributed by atoms with Crippen LogP contribution in [0, 0.1) is 0 Å². The van der Waals surface area contributed by atoms with Crippen LogP contribution in [0.25, 0.3) is 22.0 Å². The first-order valence-electron chi connectivity index (χ1n) is 10.4. The highest BCUT2D eigenvalue weighted by Gasteiger charge is 2.23. The van der Waals surface area contributed by atoms with Crippen LogP contribution in [0.15, 0.2) is 90.0 Å². The van der Waals surface area contributed by atoms with E-state index in [-0.39, 0.29) is 10.8 Å². The van der Waals surface area contributed by atoms with Crippen LogP contribution in [0.4, 0.5) is 0 Å². The van der Waals surface area contributed by atoms with Gasteiger partial charge < -0.3 is 4.90 Å². The Hall–Kier alpha value is -3.38. The van der Waals surface area contributed by atoms with Crippen LogP contribution in [0.3, 0.4) is 0 Å². The van der Waals surface area contributed by atoms with Gasteiger partial charge in [-0.1, -0.05) is 48.5 Å². The Labute approximate surface area is 181 Å². The molecule has 0 bridgehead atoms. The molecule has 0 spiro atoms. The summed E-state index contributed by atoms with van der Waals surface area (Å²) >= 11 is 0. The lowest BCUT2D eigenvalue weighted by atomic mass is 10.1. The number of likely N-dealkylation sites (tertiary alicyclic amines) is 1. The van der Waals surface area contributed by atoms with Crippen LogP contribution >= 0.6 is 0 Å². The summed E-state index contributed by atoms with van der Waals surface area (Å²) in [5.41, 5.74) is 2.96. The molecule has 6 heteroatoms. The highest BCUT2D eigenvalue weighted by Crippen LogP contribution is 2.33. The molecule has 156 valence electrons. The van der Waals surface area contributed by atoms with Crippen LogP contribution in [0.5, 0.6) is 0 Å². The van der Waals surface area contributed by atoms with Crippen molar-refractivity contribution in [2.45, 2.75) is 17.7 Å². The van der Waals surface area contributed by atoms with E-state index in [4.69, 9.17) is 0 Å². The first-order chi connectivity index (χ1) is 15.1. The van der Waals surface area contributed by atoms with Gasteiger partial charge in [0.05, 0.1) is 10.4 Å². The van der Waals surface area contributed by atoms with E-state index in [2.05, 4.69) is 0 Å². The third-order valence-corrected chi connectivity index (χ3v) is 7.50. The molecule has 2 heterocycles. The fourth-order valence-electron chi connectivity index (χ4n) is 4.18. The molecule has 0 aliphatic carbocycles. The van der Waals surface area contributed by atoms with Crippen LogP contribution in [-0.2, 0) is 10.0 Å². The van der Waals surface area contributed by atoms with Crippen LogP contribution in [0.2, 0.25) is 0 Å². The number of rotatable bonds is 4. The van der Waals surface area contributed by atoms with Crippen molar-refractivity contribution >= 4 is 26.8 Å². The number of hydrogen-bond donors (Lipinski definition) is 0. The highest BCUT2D eigenvalue weighted by atomic mass is 32.2. The summed E-state index contributed by atoms with van der Waals surface area (Å²) in [5.74, 6) is -0.0424. The lowest BCUT2D eigenvalue weighted by Crippen LogP contribution is -2.27. The third-order valence-electron chi connectivity index (χ3n) is 5.81. The van der Waals surface area contributed by atoms with Gasteiger partial charge >= 0.3 is 0 Å². The standard InChI is InChI=1S/C25H22N2O3S/c28-25(26-16-6-7-17-26)20-12-14-21(15-13-20)31(29,30)27-18-23(19-8-2-1-3-9-19)22-10-4-5-11-24(22)27/h1-5,8-15,18H,6-7,16-17H2. The fraction of sp³-hybridized carbons (Fsp3) is 0.160. The molecule has 0 saturated carbocycles. The van der Waals surface area contributed by atoms with Crippen molar-refractivity contribution in [1.29, 1.82) is 0 Å². The number of amides is 1. The number of para-hydroxylation sites is 1. The summed E-state index contributed by atoms with van der Waals surface area (Å²) in [7, 11) is -3.82. The van der Waals surface area contributed by atoms with E-state index in [0.29, 0.717) is 11.1 Å². The van der Waals surface area contributed by atoms with E-state index >= 15 is 0 Å². The number of nitrogens with zero attached hydrogens (tertiary/aromatic N) is 2. The lowest BCUT2D eigenvalue weighted by molar-refractivity contribution is 0.0792. The highest BCUT2D eigenvalue weighted by molar-refractivity contribution is 7.90. The third kappa shape index (κ3) is 3.43. The second-order valence-electron chi connectivity index (χ2n) is 7.75. The second-order valence-corrected chi connectivity index (χ2v) is 9.57. The minimum atomic E-state index is -3.82. The van der Waals surface area contributed by atoms with E-state index in [0.717, 1.165) is 42.4 Å². The number of hydrogen-bond acceptors (Lipinski definition) is 3. The number of carbonyl (C=O) groups excluding carboxylic acids is 1. The van der Waals surface area contributed by atoms with Crippen molar-refractivity contribution in [3.05, 3.63) is 90.6 Å². The minimum absolute atomic E-state index is 0.0424. The zero-order valence-electron chi connectivity index (χ0n) is 16.9. The smallest absolute Gasteiger partial charge is 0.268 e. The van der Waals surface area contributed by atoms with Crippen molar-refractivity contribution < 1.29 is 13.2 Å². The Kier molecular flexibility index (Phi) is 4.87. The van der Waals surface area contributed by atoms with Crippen molar-refractivity contribution in [3.8, 4) is 11.1 Å². The number of fused-ring (bicyclic) bond motifs is 1. The summed E-state index contributed by atoms with van der Waals surface area (Å²) < 4.78 is 28.3. The van der Waals surface area contributed by atoms with Gasteiger partial charge in [-0.05, 0) is 48.7 Å². The molecule has 5 nitrogen and oxygen atoms in total. The maximum Gasteiger partial charge on any atom is 0.268 e. The summed E-state index contributed by atoms with van der Waals surface area (Å²) in [5, 5.41) is 0.873. The fourth-order valence-corrected chi connectivity index (χ4v) is 5.55. The molecule has 4 aromatic rings. The molecule has 0 unspecified atom stereocenters. The molecule has 1 amide bonds. The largest absolute Gasteiger partial charge is 0.339 e. The molecule has 1 aromatic heterocycles. The van der Waals surface area contributed by atoms with Crippen molar-refractivity contribution in [1.82, 2.24) is 8.87 Å². The first kappa shape index (κ1) is 19.6. The Morgan fingerprint density at radius 1 is 0.774 bits per heavy atom. The van der Waals surface area contributed by atoms with Crippen LogP contribution in [-0.4, -0.2) is 36.3 Å². The minimum Gasteiger partial charge on any atom is -0.339 e. The van der Waals surface area contributed by atoms with Gasteiger partial charge in [-0.15, -0.1) is 0 Å². The quantitative estimate of drug-likeness (QED) is 0.468. The molecule has 1 aliphatic rings. The summed E-state index contributed by atoms with van der Waals surface area (Å²) in [6.45, 7) is 1.52. The van der Waals surface area contributed by atoms with Crippen molar-refractivity contribution in [2.75, 3.05) is 13.1 Å². The summed E-state index contributed by atoms with van der Waals surface area (Å²) in [4.78, 5) is 14.6. The zero-order chi connectivity index (χ0) is 21.4. The van der Waals surface area contributed by atoms with Gasteiger partial charge in [-0.2, -0.15) is 0 Å². The molecule has 31 heavy (non-hydrogen) atoms. The number of carbonyl (C=O) groups is 1. The maximum atomic E-state index is 13.5. The van der Waals surface area contributed by atoms with E-state index < -0.39 is 10.0 Å². The molecule has 1 fully saturated rings. The monoisotopic (exact) mass is 430 g/mol. The van der Waals surface area contributed by atoms with Crippen molar-refractivity contribution in [3.63, 3.8) is 0 Å². The zero-order valence-corrected chi connectivity index (χ0v) is 17.8. The van der Waals surface area contributed by atoms with Gasteiger partial charge in [0.1, 0.15) is 0 Å². The van der Waals surface area contributed by atoms with Crippen LogP contribution in [0.1, 0.15) is 23.2 Å². The van der Waals surface area contributed by atoms with Gasteiger partial charge in [-0.3, -0.25) is 4.79 Å². The average Bonchev–Trinajstić information content (AvgIpc) is 3.48. The van der Waals surface area contributed by atoms with E-state index in [9.17, 15) is 13.2 Å². The van der Waals surface area contributed by atoms with Gasteiger partial charge in [0, 0.05) is 35.8 Å². The molecule has 0 N–H and O–H groups in total.